The Balaban J connectivity index is 2.05. The van der Waals surface area contributed by atoms with E-state index in [0.717, 1.165) is 12.0 Å². The zero-order valence-corrected chi connectivity index (χ0v) is 12.7. The number of nitrogens with one attached hydrogen (secondary N) is 1. The van der Waals surface area contributed by atoms with Crippen LogP contribution in [0.4, 0.5) is 0 Å². The highest BCUT2D eigenvalue weighted by molar-refractivity contribution is 9.10. The van der Waals surface area contributed by atoms with Crippen molar-refractivity contribution in [2.75, 3.05) is 13.6 Å². The topological polar surface area (TPSA) is 53.2 Å². The van der Waals surface area contributed by atoms with Gasteiger partial charge in [0.15, 0.2) is 0 Å². The molecule has 1 heterocycles. The number of carbonyl (C=O) groups is 1. The van der Waals surface area contributed by atoms with Crippen molar-refractivity contribution in [2.24, 2.45) is 0 Å². The lowest BCUT2D eigenvalue weighted by Crippen LogP contribution is -2.33. The van der Waals surface area contributed by atoms with Gasteiger partial charge in [-0.1, -0.05) is 30.3 Å². The van der Waals surface area contributed by atoms with E-state index < -0.39 is 0 Å². The molecule has 5 heteroatoms. The number of H-pyrrole nitrogens is 1. The molecule has 2 rings (SSSR count). The fourth-order valence-electron chi connectivity index (χ4n) is 1.86. The van der Waals surface area contributed by atoms with Crippen molar-refractivity contribution in [3.05, 3.63) is 68.5 Å². The number of likely N-dealkylation sites (N-methyl/N-ethyl adjacent to an activating group) is 1. The minimum Gasteiger partial charge on any atom is -0.341 e. The normalized spacial score (nSPS) is 10.3. The molecule has 0 atom stereocenters. The van der Waals surface area contributed by atoms with Crippen LogP contribution in [0.3, 0.4) is 0 Å². The smallest absolute Gasteiger partial charge is 0.260 e. The van der Waals surface area contributed by atoms with Crippen molar-refractivity contribution in [1.29, 1.82) is 0 Å². The molecule has 20 heavy (non-hydrogen) atoms. The number of amides is 1. The van der Waals surface area contributed by atoms with Gasteiger partial charge in [0.25, 0.3) is 11.5 Å². The van der Waals surface area contributed by atoms with E-state index in [2.05, 4.69) is 20.9 Å². The molecule has 0 aliphatic rings. The summed E-state index contributed by atoms with van der Waals surface area (Å²) in [5, 5.41) is 0. The first-order valence-corrected chi connectivity index (χ1v) is 7.05. The molecule has 0 fully saturated rings. The summed E-state index contributed by atoms with van der Waals surface area (Å²) in [4.78, 5) is 28.0. The summed E-state index contributed by atoms with van der Waals surface area (Å²) < 4.78 is 0.678. The van der Waals surface area contributed by atoms with E-state index >= 15 is 0 Å². The fraction of sp³-hybridized carbons (Fsp3) is 0.200. The molecular weight excluding hydrogens is 320 g/mol. The van der Waals surface area contributed by atoms with Crippen LogP contribution in [0.2, 0.25) is 0 Å². The number of aromatic amines is 1. The lowest BCUT2D eigenvalue weighted by molar-refractivity contribution is 0.0795. The van der Waals surface area contributed by atoms with E-state index in [1.54, 1.807) is 18.0 Å². The Morgan fingerprint density at radius 1 is 1.30 bits per heavy atom. The van der Waals surface area contributed by atoms with Gasteiger partial charge in [-0.25, -0.2) is 0 Å². The molecule has 1 aromatic heterocycles. The van der Waals surface area contributed by atoms with Crippen LogP contribution >= 0.6 is 15.9 Å². The van der Waals surface area contributed by atoms with Gasteiger partial charge >= 0.3 is 0 Å². The minimum absolute atomic E-state index is 0.148. The van der Waals surface area contributed by atoms with Crippen LogP contribution in [-0.4, -0.2) is 29.4 Å². The number of halogens is 1. The predicted molar refractivity (Wildman–Crippen MR) is 81.9 cm³/mol. The second-order valence-corrected chi connectivity index (χ2v) is 5.44. The molecule has 1 N–H and O–H groups in total. The number of carbonyl (C=O) groups excluding carboxylic acids is 1. The highest BCUT2D eigenvalue weighted by Gasteiger charge is 2.15. The van der Waals surface area contributed by atoms with Gasteiger partial charge in [-0.15, -0.1) is 0 Å². The lowest BCUT2D eigenvalue weighted by atomic mass is 10.1. The van der Waals surface area contributed by atoms with Gasteiger partial charge in [0.1, 0.15) is 5.56 Å². The summed E-state index contributed by atoms with van der Waals surface area (Å²) in [6.45, 7) is 0.564. The van der Waals surface area contributed by atoms with Crippen molar-refractivity contribution < 1.29 is 4.79 Å². The zero-order valence-electron chi connectivity index (χ0n) is 11.1. The molecule has 0 saturated heterocycles. The maximum absolute atomic E-state index is 12.2. The van der Waals surface area contributed by atoms with E-state index in [0.29, 0.717) is 11.0 Å². The molecule has 0 spiro atoms. The maximum atomic E-state index is 12.2. The molecule has 0 saturated carbocycles. The number of pyridine rings is 1. The van der Waals surface area contributed by atoms with Crippen molar-refractivity contribution >= 4 is 21.8 Å². The number of nitrogens with zero attached hydrogens (tertiary/aromatic N) is 1. The molecule has 0 aliphatic carbocycles. The van der Waals surface area contributed by atoms with E-state index in [4.69, 9.17) is 0 Å². The van der Waals surface area contributed by atoms with Crippen molar-refractivity contribution in [3.63, 3.8) is 0 Å². The predicted octanol–water partition coefficient (Wildman–Crippen LogP) is 2.45. The molecule has 4 nitrogen and oxygen atoms in total. The average molecular weight is 335 g/mol. The third kappa shape index (κ3) is 3.57. The number of rotatable bonds is 4. The number of hydrogen-bond donors (Lipinski definition) is 1. The summed E-state index contributed by atoms with van der Waals surface area (Å²) in [6, 6.07) is 11.5. The molecule has 2 aromatic rings. The fourth-order valence-corrected chi connectivity index (χ4v) is 2.21. The van der Waals surface area contributed by atoms with Crippen LogP contribution < -0.4 is 5.56 Å². The molecule has 104 valence electrons. The van der Waals surface area contributed by atoms with Crippen LogP contribution in [0.1, 0.15) is 15.9 Å². The summed E-state index contributed by atoms with van der Waals surface area (Å²) in [5.41, 5.74) is 0.940. The summed E-state index contributed by atoms with van der Waals surface area (Å²) >= 11 is 3.25. The Bertz CT molecular complexity index is 652. The van der Waals surface area contributed by atoms with Crippen LogP contribution in [0.15, 0.2) is 51.9 Å². The Morgan fingerprint density at radius 3 is 2.70 bits per heavy atom. The number of aromatic nitrogens is 1. The first-order valence-electron chi connectivity index (χ1n) is 6.25. The van der Waals surface area contributed by atoms with Gasteiger partial charge in [0, 0.05) is 24.3 Å². The molecule has 1 amide bonds. The maximum Gasteiger partial charge on any atom is 0.260 e. The number of hydrogen-bond acceptors (Lipinski definition) is 2. The number of benzene rings is 1. The summed E-state index contributed by atoms with van der Waals surface area (Å²) in [5.74, 6) is -0.275. The lowest BCUT2D eigenvalue weighted by Gasteiger charge is -2.16. The second kappa shape index (κ2) is 6.52. The Kier molecular flexibility index (Phi) is 4.74. The second-order valence-electron chi connectivity index (χ2n) is 4.52. The first-order chi connectivity index (χ1) is 9.58. The van der Waals surface area contributed by atoms with E-state index in [9.17, 15) is 9.59 Å². The standard InChI is InChI=1S/C15H15BrN2O2/c1-18(8-7-11-5-3-2-4-6-11)15(20)13-9-12(16)10-17-14(13)19/h2-6,9-10H,7-8H2,1H3,(H,17,19). The van der Waals surface area contributed by atoms with Crippen LogP contribution in [0.5, 0.6) is 0 Å². The molecular formula is C15H15BrN2O2. The average Bonchev–Trinajstić information content (AvgIpc) is 2.47. The van der Waals surface area contributed by atoms with Gasteiger partial charge in [0.2, 0.25) is 0 Å². The Hall–Kier alpha value is -1.88. The van der Waals surface area contributed by atoms with Gasteiger partial charge in [0.05, 0.1) is 0 Å². The summed E-state index contributed by atoms with van der Waals surface area (Å²) in [7, 11) is 1.70. The third-order valence-electron chi connectivity index (χ3n) is 3.02. The Labute approximate surface area is 125 Å². The third-order valence-corrected chi connectivity index (χ3v) is 3.48. The highest BCUT2D eigenvalue weighted by Crippen LogP contribution is 2.09. The summed E-state index contributed by atoms with van der Waals surface area (Å²) in [6.07, 6.45) is 2.28. The van der Waals surface area contributed by atoms with Gasteiger partial charge < -0.3 is 9.88 Å². The van der Waals surface area contributed by atoms with Crippen LogP contribution in [0, 0.1) is 0 Å². The van der Waals surface area contributed by atoms with Crippen LogP contribution in [0.25, 0.3) is 0 Å². The van der Waals surface area contributed by atoms with Gasteiger partial charge in [-0.05, 0) is 34.0 Å². The molecule has 1 aromatic carbocycles. The van der Waals surface area contributed by atoms with Gasteiger partial charge in [-0.2, -0.15) is 0 Å². The molecule has 0 bridgehead atoms. The van der Waals surface area contributed by atoms with Crippen molar-refractivity contribution in [1.82, 2.24) is 9.88 Å². The SMILES string of the molecule is CN(CCc1ccccc1)C(=O)c1cc(Br)c[nH]c1=O. The van der Waals surface area contributed by atoms with E-state index in [1.165, 1.54) is 6.20 Å². The van der Waals surface area contributed by atoms with Crippen molar-refractivity contribution in [3.8, 4) is 0 Å². The zero-order chi connectivity index (χ0) is 14.5. The minimum atomic E-state index is -0.371. The van der Waals surface area contributed by atoms with Crippen LogP contribution in [-0.2, 0) is 6.42 Å². The Morgan fingerprint density at radius 2 is 2.00 bits per heavy atom. The monoisotopic (exact) mass is 334 g/mol. The van der Waals surface area contributed by atoms with E-state index in [-0.39, 0.29) is 17.0 Å². The highest BCUT2D eigenvalue weighted by atomic mass is 79.9. The molecule has 0 aliphatic heterocycles. The first kappa shape index (κ1) is 14.5. The van der Waals surface area contributed by atoms with E-state index in [1.807, 2.05) is 30.3 Å². The molecule has 0 radical (unpaired) electrons. The largest absolute Gasteiger partial charge is 0.341 e. The van der Waals surface area contributed by atoms with Gasteiger partial charge in [-0.3, -0.25) is 9.59 Å². The van der Waals surface area contributed by atoms with Crippen molar-refractivity contribution in [2.45, 2.75) is 6.42 Å². The quantitative estimate of drug-likeness (QED) is 0.933. The molecule has 0 unspecified atom stereocenters.